The van der Waals surface area contributed by atoms with E-state index < -0.39 is 0 Å². The van der Waals surface area contributed by atoms with E-state index >= 15 is 0 Å². The summed E-state index contributed by atoms with van der Waals surface area (Å²) < 4.78 is 10.8. The topological polar surface area (TPSA) is 59.1 Å². The Labute approximate surface area is 178 Å². The van der Waals surface area contributed by atoms with Crippen LogP contribution in [-0.2, 0) is 20.7 Å². The van der Waals surface area contributed by atoms with E-state index in [1.807, 2.05) is 19.1 Å². The molecule has 0 aromatic heterocycles. The monoisotopic (exact) mass is 412 g/mol. The summed E-state index contributed by atoms with van der Waals surface area (Å²) in [6.07, 6.45) is 4.61. The Morgan fingerprint density at radius 3 is 2.80 bits per heavy atom. The van der Waals surface area contributed by atoms with Crippen molar-refractivity contribution < 1.29 is 19.1 Å². The van der Waals surface area contributed by atoms with Crippen molar-refractivity contribution in [1.82, 2.24) is 9.80 Å². The number of fused-ring (bicyclic) bond motifs is 4. The van der Waals surface area contributed by atoms with Gasteiger partial charge in [0, 0.05) is 31.6 Å². The number of ether oxygens (including phenoxy) is 2. The molecule has 4 heterocycles. The molecule has 1 aromatic rings. The third-order valence-electron chi connectivity index (χ3n) is 7.72. The number of benzene rings is 1. The fourth-order valence-electron chi connectivity index (χ4n) is 6.16. The van der Waals surface area contributed by atoms with Gasteiger partial charge in [0.15, 0.2) is 0 Å². The Kier molecular flexibility index (Phi) is 5.00. The zero-order valence-electron chi connectivity index (χ0n) is 18.0. The molecule has 0 saturated carbocycles. The molecule has 30 heavy (non-hydrogen) atoms. The molecule has 162 valence electrons. The van der Waals surface area contributed by atoms with E-state index in [9.17, 15) is 9.59 Å². The molecule has 2 amide bonds. The maximum absolute atomic E-state index is 13.3. The van der Waals surface area contributed by atoms with Crippen LogP contribution in [0.5, 0.6) is 5.75 Å². The average Bonchev–Trinajstić information content (AvgIpc) is 2.74. The maximum Gasteiger partial charge on any atom is 0.233 e. The molecular weight excluding hydrogens is 380 g/mol. The highest BCUT2D eigenvalue weighted by atomic mass is 16.5. The van der Waals surface area contributed by atoms with Crippen LogP contribution < -0.4 is 4.74 Å². The molecule has 0 spiro atoms. The molecule has 0 N–H and O–H groups in total. The lowest BCUT2D eigenvalue weighted by Crippen LogP contribution is -2.67. The van der Waals surface area contributed by atoms with Crippen LogP contribution in [0, 0.1) is 17.3 Å². The maximum atomic E-state index is 13.3. The lowest BCUT2D eigenvalue weighted by atomic mass is 9.70. The van der Waals surface area contributed by atoms with Crippen LogP contribution in [0.25, 0.3) is 0 Å². The van der Waals surface area contributed by atoms with Crippen molar-refractivity contribution in [2.24, 2.45) is 17.3 Å². The highest BCUT2D eigenvalue weighted by Gasteiger charge is 2.52. The van der Waals surface area contributed by atoms with Crippen LogP contribution in [0.15, 0.2) is 24.3 Å². The summed E-state index contributed by atoms with van der Waals surface area (Å²) in [5.41, 5.74) is 0.827. The van der Waals surface area contributed by atoms with Gasteiger partial charge < -0.3 is 19.3 Å². The lowest BCUT2D eigenvalue weighted by Gasteiger charge is -2.57. The molecule has 4 atom stereocenters. The predicted molar refractivity (Wildman–Crippen MR) is 112 cm³/mol. The SMILES string of the molecule is COc1cccc(C[C@H]2[C@H]3C[C@H](CN(C(=O)C4(C)COC4)C3)[C@@H]3CCCC(=O)N32)c1. The summed E-state index contributed by atoms with van der Waals surface area (Å²) in [7, 11) is 1.68. The Hall–Kier alpha value is -2.08. The quantitative estimate of drug-likeness (QED) is 0.763. The summed E-state index contributed by atoms with van der Waals surface area (Å²) in [5, 5.41) is 0. The van der Waals surface area contributed by atoms with E-state index in [-0.39, 0.29) is 23.4 Å². The number of amides is 2. The Balaban J connectivity index is 1.43. The summed E-state index contributed by atoms with van der Waals surface area (Å²) in [6, 6.07) is 8.58. The standard InChI is InChI=1S/C24H32N2O4/c1-24(14-30-15-24)23(28)25-12-17-11-18(13-25)21(26-20(17)7-4-8-22(26)27)10-16-5-3-6-19(9-16)29-2/h3,5-6,9,17-18,20-21H,4,7-8,10-15H2,1-2H3/t17-,18+,20+,21+/m1/s1. The van der Waals surface area contributed by atoms with Gasteiger partial charge in [-0.3, -0.25) is 9.59 Å². The second-order valence-corrected chi connectivity index (χ2v) is 9.90. The fraction of sp³-hybridized carbons (Fsp3) is 0.667. The highest BCUT2D eigenvalue weighted by molar-refractivity contribution is 5.84. The molecule has 4 aliphatic heterocycles. The molecule has 4 fully saturated rings. The first-order valence-electron chi connectivity index (χ1n) is 11.3. The van der Waals surface area contributed by atoms with Gasteiger partial charge in [-0.1, -0.05) is 12.1 Å². The predicted octanol–water partition coefficient (Wildman–Crippen LogP) is 2.50. The number of hydrogen-bond acceptors (Lipinski definition) is 4. The van der Waals surface area contributed by atoms with Crippen LogP contribution in [0.1, 0.15) is 38.2 Å². The number of rotatable bonds is 4. The summed E-state index contributed by atoms with van der Waals surface area (Å²) in [6.45, 7) is 4.60. The zero-order chi connectivity index (χ0) is 20.9. The molecule has 1 aromatic carbocycles. The average molecular weight is 413 g/mol. The van der Waals surface area contributed by atoms with Gasteiger partial charge in [0.1, 0.15) is 5.75 Å². The normalized spacial score (nSPS) is 32.3. The van der Waals surface area contributed by atoms with Gasteiger partial charge in [-0.05, 0) is 62.1 Å². The van der Waals surface area contributed by atoms with Crippen LogP contribution in [-0.4, -0.2) is 67.1 Å². The van der Waals surface area contributed by atoms with E-state index in [4.69, 9.17) is 9.47 Å². The first kappa shape index (κ1) is 19.9. The number of likely N-dealkylation sites (tertiary alicyclic amines) is 1. The van der Waals surface area contributed by atoms with Gasteiger partial charge in [-0.2, -0.15) is 0 Å². The van der Waals surface area contributed by atoms with Crippen molar-refractivity contribution in [2.45, 2.75) is 51.1 Å². The van der Waals surface area contributed by atoms with Crippen molar-refractivity contribution in [2.75, 3.05) is 33.4 Å². The van der Waals surface area contributed by atoms with Crippen molar-refractivity contribution in [3.63, 3.8) is 0 Å². The van der Waals surface area contributed by atoms with Gasteiger partial charge in [0.2, 0.25) is 11.8 Å². The fourth-order valence-corrected chi connectivity index (χ4v) is 6.16. The summed E-state index contributed by atoms with van der Waals surface area (Å²) in [4.78, 5) is 30.6. The minimum Gasteiger partial charge on any atom is -0.497 e. The Morgan fingerprint density at radius 1 is 1.27 bits per heavy atom. The van der Waals surface area contributed by atoms with Crippen LogP contribution >= 0.6 is 0 Å². The number of hydrogen-bond donors (Lipinski definition) is 0. The van der Waals surface area contributed by atoms with Crippen molar-refractivity contribution >= 4 is 11.8 Å². The highest BCUT2D eigenvalue weighted by Crippen LogP contribution is 2.44. The van der Waals surface area contributed by atoms with Gasteiger partial charge in [0.25, 0.3) is 0 Å². The number of methoxy groups -OCH3 is 1. The van der Waals surface area contributed by atoms with Gasteiger partial charge >= 0.3 is 0 Å². The third kappa shape index (κ3) is 3.29. The van der Waals surface area contributed by atoms with E-state index in [1.54, 1.807) is 7.11 Å². The molecule has 2 bridgehead atoms. The minimum absolute atomic E-state index is 0.146. The van der Waals surface area contributed by atoms with Gasteiger partial charge in [0.05, 0.1) is 25.7 Å². The molecule has 4 aliphatic rings. The molecular formula is C24H32N2O4. The van der Waals surface area contributed by atoms with E-state index in [1.165, 1.54) is 5.56 Å². The number of nitrogens with zero attached hydrogens (tertiary/aromatic N) is 2. The number of piperidine rings is 3. The lowest BCUT2D eigenvalue weighted by molar-refractivity contribution is -0.177. The largest absolute Gasteiger partial charge is 0.497 e. The molecule has 6 heteroatoms. The molecule has 6 nitrogen and oxygen atoms in total. The van der Waals surface area contributed by atoms with Crippen molar-refractivity contribution in [1.29, 1.82) is 0 Å². The smallest absolute Gasteiger partial charge is 0.233 e. The second kappa shape index (κ2) is 7.56. The second-order valence-electron chi connectivity index (χ2n) is 9.90. The van der Waals surface area contributed by atoms with Crippen molar-refractivity contribution in [3.8, 4) is 5.75 Å². The Morgan fingerprint density at radius 2 is 2.07 bits per heavy atom. The summed E-state index contributed by atoms with van der Waals surface area (Å²) in [5.74, 6) is 2.10. The Bertz CT molecular complexity index is 836. The van der Waals surface area contributed by atoms with Gasteiger partial charge in [-0.25, -0.2) is 0 Å². The first-order valence-corrected chi connectivity index (χ1v) is 11.3. The zero-order valence-corrected chi connectivity index (χ0v) is 18.0. The summed E-state index contributed by atoms with van der Waals surface area (Å²) >= 11 is 0. The van der Waals surface area contributed by atoms with Crippen LogP contribution in [0.2, 0.25) is 0 Å². The molecule has 5 rings (SSSR count). The van der Waals surface area contributed by atoms with E-state index in [0.29, 0.717) is 37.4 Å². The third-order valence-corrected chi connectivity index (χ3v) is 7.72. The van der Waals surface area contributed by atoms with Crippen LogP contribution in [0.3, 0.4) is 0 Å². The minimum atomic E-state index is -0.365. The molecule has 4 saturated heterocycles. The number of carbonyl (C=O) groups is 2. The van der Waals surface area contributed by atoms with Crippen LogP contribution in [0.4, 0.5) is 0 Å². The van der Waals surface area contributed by atoms with E-state index in [0.717, 1.165) is 44.5 Å². The van der Waals surface area contributed by atoms with E-state index in [2.05, 4.69) is 21.9 Å². The van der Waals surface area contributed by atoms with Gasteiger partial charge in [-0.15, -0.1) is 0 Å². The molecule has 0 aliphatic carbocycles. The molecule has 0 radical (unpaired) electrons. The molecule has 0 unspecified atom stereocenters. The first-order chi connectivity index (χ1) is 14.5. The number of carbonyl (C=O) groups excluding carboxylic acids is 2. The van der Waals surface area contributed by atoms with Crippen molar-refractivity contribution in [3.05, 3.63) is 29.8 Å².